The highest BCUT2D eigenvalue weighted by Crippen LogP contribution is 2.31. The largest absolute Gasteiger partial charge is 0.417 e. The van der Waals surface area contributed by atoms with Gasteiger partial charge < -0.3 is 15.0 Å². The maximum atomic E-state index is 12.9. The summed E-state index contributed by atoms with van der Waals surface area (Å²) in [4.78, 5) is 27.4. The molecule has 0 saturated heterocycles. The Labute approximate surface area is 185 Å². The van der Waals surface area contributed by atoms with Gasteiger partial charge in [-0.25, -0.2) is 15.0 Å². The number of nitriles is 1. The molecule has 8 nitrogen and oxygen atoms in total. The monoisotopic (exact) mass is 452 g/mol. The van der Waals surface area contributed by atoms with Crippen molar-refractivity contribution in [2.24, 2.45) is 0 Å². The molecule has 0 aliphatic rings. The molecular weight excluding hydrogens is 437 g/mol. The first-order valence-electron chi connectivity index (χ1n) is 9.51. The van der Waals surface area contributed by atoms with Gasteiger partial charge >= 0.3 is 6.18 Å². The lowest BCUT2D eigenvalue weighted by Crippen LogP contribution is -2.13. The van der Waals surface area contributed by atoms with E-state index in [1.165, 1.54) is 19.4 Å². The highest BCUT2D eigenvalue weighted by atomic mass is 19.4. The fourth-order valence-electron chi connectivity index (χ4n) is 3.16. The molecule has 0 bridgehead atoms. The van der Waals surface area contributed by atoms with Crippen molar-refractivity contribution in [1.82, 2.24) is 19.9 Å². The third-order valence-electron chi connectivity index (χ3n) is 4.75. The fourth-order valence-corrected chi connectivity index (χ4v) is 3.16. The molecule has 0 fully saturated rings. The zero-order valence-corrected chi connectivity index (χ0v) is 17.0. The second kappa shape index (κ2) is 8.68. The number of nitrogens with zero attached hydrogens (tertiary/aromatic N) is 4. The van der Waals surface area contributed by atoms with Gasteiger partial charge in [0.2, 0.25) is 0 Å². The quantitative estimate of drug-likeness (QED) is 0.468. The van der Waals surface area contributed by atoms with Crippen LogP contribution >= 0.6 is 0 Å². The van der Waals surface area contributed by atoms with Crippen LogP contribution in [0.25, 0.3) is 11.2 Å². The number of imidazole rings is 1. The zero-order valence-electron chi connectivity index (χ0n) is 17.0. The number of pyridine rings is 2. The number of aromatic nitrogens is 4. The number of hydrogen-bond donors (Lipinski definition) is 2. The summed E-state index contributed by atoms with van der Waals surface area (Å²) in [6, 6.07) is 12.3. The lowest BCUT2D eigenvalue weighted by atomic mass is 10.1. The Morgan fingerprint density at radius 1 is 1.18 bits per heavy atom. The zero-order chi connectivity index (χ0) is 23.6. The predicted molar refractivity (Wildman–Crippen MR) is 111 cm³/mol. The molecule has 0 aliphatic carbocycles. The lowest BCUT2D eigenvalue weighted by molar-refractivity contribution is -0.137. The SMILES string of the molecule is CO[C@@H](c1ccc(NC(=O)c2cccc(C#N)c2)nc1)c1nc2ncc(C(F)(F)F)cc2[nH]1. The van der Waals surface area contributed by atoms with Crippen molar-refractivity contribution in [2.75, 3.05) is 12.4 Å². The van der Waals surface area contributed by atoms with Crippen LogP contribution in [0.2, 0.25) is 0 Å². The van der Waals surface area contributed by atoms with Crippen molar-refractivity contribution in [2.45, 2.75) is 12.3 Å². The summed E-state index contributed by atoms with van der Waals surface area (Å²) in [6.45, 7) is 0. The van der Waals surface area contributed by atoms with Gasteiger partial charge in [0, 0.05) is 30.6 Å². The minimum absolute atomic E-state index is 0.122. The van der Waals surface area contributed by atoms with E-state index in [0.717, 1.165) is 12.3 Å². The summed E-state index contributed by atoms with van der Waals surface area (Å²) < 4.78 is 44.3. The van der Waals surface area contributed by atoms with E-state index in [1.54, 1.807) is 30.3 Å². The number of aromatic amines is 1. The Balaban J connectivity index is 1.54. The molecule has 0 radical (unpaired) electrons. The van der Waals surface area contributed by atoms with Crippen LogP contribution in [0.3, 0.4) is 0 Å². The van der Waals surface area contributed by atoms with E-state index in [-0.39, 0.29) is 22.8 Å². The highest BCUT2D eigenvalue weighted by molar-refractivity contribution is 6.03. The summed E-state index contributed by atoms with van der Waals surface area (Å²) >= 11 is 0. The van der Waals surface area contributed by atoms with Gasteiger partial charge in [-0.05, 0) is 30.3 Å². The van der Waals surface area contributed by atoms with Crippen LogP contribution in [0.4, 0.5) is 19.0 Å². The molecule has 166 valence electrons. The molecule has 4 rings (SSSR count). The van der Waals surface area contributed by atoms with Gasteiger partial charge in [0.25, 0.3) is 5.91 Å². The third kappa shape index (κ3) is 4.65. The van der Waals surface area contributed by atoms with Crippen molar-refractivity contribution in [3.05, 3.63) is 82.9 Å². The smallest absolute Gasteiger partial charge is 0.369 e. The van der Waals surface area contributed by atoms with Gasteiger partial charge in [-0.15, -0.1) is 0 Å². The molecule has 11 heteroatoms. The molecule has 1 aromatic carbocycles. The average molecular weight is 452 g/mol. The topological polar surface area (TPSA) is 117 Å². The number of hydrogen-bond acceptors (Lipinski definition) is 6. The van der Waals surface area contributed by atoms with Gasteiger partial charge in [0.15, 0.2) is 5.65 Å². The van der Waals surface area contributed by atoms with Crippen LogP contribution in [0.5, 0.6) is 0 Å². The Hall–Kier alpha value is -4.30. The Morgan fingerprint density at radius 3 is 2.67 bits per heavy atom. The number of ether oxygens (including phenoxy) is 1. The molecule has 0 unspecified atom stereocenters. The van der Waals surface area contributed by atoms with Crippen molar-refractivity contribution >= 4 is 22.9 Å². The van der Waals surface area contributed by atoms with E-state index in [9.17, 15) is 18.0 Å². The van der Waals surface area contributed by atoms with Crippen LogP contribution in [0, 0.1) is 11.3 Å². The van der Waals surface area contributed by atoms with Crippen LogP contribution in [-0.4, -0.2) is 33.0 Å². The summed E-state index contributed by atoms with van der Waals surface area (Å²) in [5.74, 6) is 0.0905. The molecule has 4 aromatic rings. The predicted octanol–water partition coefficient (Wildman–Crippen LogP) is 4.23. The highest BCUT2D eigenvalue weighted by Gasteiger charge is 2.31. The number of alkyl halides is 3. The van der Waals surface area contributed by atoms with Gasteiger partial charge in [-0.1, -0.05) is 12.1 Å². The fraction of sp³-hybridized carbons (Fsp3) is 0.136. The number of halogens is 3. The van der Waals surface area contributed by atoms with Gasteiger partial charge in [0.1, 0.15) is 17.7 Å². The van der Waals surface area contributed by atoms with E-state index in [4.69, 9.17) is 10.00 Å². The molecule has 0 saturated carbocycles. The van der Waals surface area contributed by atoms with Gasteiger partial charge in [-0.3, -0.25) is 4.79 Å². The first-order chi connectivity index (χ1) is 15.8. The summed E-state index contributed by atoms with van der Waals surface area (Å²) in [7, 11) is 1.42. The third-order valence-corrected chi connectivity index (χ3v) is 4.75. The molecule has 33 heavy (non-hydrogen) atoms. The Bertz CT molecular complexity index is 1360. The van der Waals surface area contributed by atoms with Crippen LogP contribution in [0.1, 0.15) is 39.0 Å². The second-order valence-electron chi connectivity index (χ2n) is 6.95. The molecular formula is C22H15F3N6O2. The van der Waals surface area contributed by atoms with Gasteiger partial charge in [-0.2, -0.15) is 18.4 Å². The number of benzene rings is 1. The molecule has 0 spiro atoms. The number of fused-ring (bicyclic) bond motifs is 1. The Kier molecular flexibility index (Phi) is 5.76. The van der Waals surface area contributed by atoms with Crippen molar-refractivity contribution in [1.29, 1.82) is 5.26 Å². The second-order valence-corrected chi connectivity index (χ2v) is 6.95. The molecule has 1 amide bonds. The molecule has 0 aliphatic heterocycles. The maximum Gasteiger partial charge on any atom is 0.417 e. The number of methoxy groups -OCH3 is 1. The normalized spacial score (nSPS) is 12.3. The molecule has 3 aromatic heterocycles. The molecule has 1 atom stereocenters. The Morgan fingerprint density at radius 2 is 2.00 bits per heavy atom. The van der Waals surface area contributed by atoms with Crippen molar-refractivity contribution in [3.63, 3.8) is 0 Å². The van der Waals surface area contributed by atoms with Crippen LogP contribution < -0.4 is 5.32 Å². The average Bonchev–Trinajstić information content (AvgIpc) is 3.23. The number of rotatable bonds is 5. The number of nitrogens with one attached hydrogen (secondary N) is 2. The van der Waals surface area contributed by atoms with Gasteiger partial charge in [0.05, 0.1) is 22.7 Å². The molecule has 2 N–H and O–H groups in total. The summed E-state index contributed by atoms with van der Waals surface area (Å²) in [5.41, 5.74) is 0.576. The minimum atomic E-state index is -4.52. The maximum absolute atomic E-state index is 12.9. The number of amides is 1. The number of carbonyl (C=O) groups excluding carboxylic acids is 1. The summed E-state index contributed by atoms with van der Waals surface area (Å²) in [5, 5.41) is 11.6. The standard InChI is InChI=1S/C22H15F3N6O2/c1-33-18(20-29-16-8-15(22(23,24)25)11-28-19(16)31-20)14-5-6-17(27-10-14)30-21(32)13-4-2-3-12(7-13)9-26/h2-8,10-11,18H,1H3,(H,27,30,32)(H,28,29,31)/t18-/m0/s1. The van der Waals surface area contributed by atoms with E-state index >= 15 is 0 Å². The van der Waals surface area contributed by atoms with Crippen LogP contribution in [0.15, 0.2) is 54.9 Å². The van der Waals surface area contributed by atoms with E-state index in [0.29, 0.717) is 16.7 Å². The number of carbonyl (C=O) groups is 1. The number of anilines is 1. The van der Waals surface area contributed by atoms with E-state index in [2.05, 4.69) is 25.3 Å². The van der Waals surface area contributed by atoms with E-state index in [1.807, 2.05) is 6.07 Å². The number of H-pyrrole nitrogens is 1. The van der Waals surface area contributed by atoms with Crippen molar-refractivity contribution in [3.8, 4) is 6.07 Å². The minimum Gasteiger partial charge on any atom is -0.369 e. The summed E-state index contributed by atoms with van der Waals surface area (Å²) in [6.07, 6.45) is -3.09. The first kappa shape index (κ1) is 21.9. The van der Waals surface area contributed by atoms with Crippen LogP contribution in [-0.2, 0) is 10.9 Å². The molecule has 3 heterocycles. The van der Waals surface area contributed by atoms with E-state index < -0.39 is 23.8 Å². The van der Waals surface area contributed by atoms with Crippen molar-refractivity contribution < 1.29 is 22.7 Å². The first-order valence-corrected chi connectivity index (χ1v) is 9.51. The lowest BCUT2D eigenvalue weighted by Gasteiger charge is -2.13.